The maximum Gasteiger partial charge on any atom is 1.00 e. The fraction of sp³-hybridized carbons (Fsp3) is 1.00. The molecule has 51 valence electrons. The van der Waals surface area contributed by atoms with Gasteiger partial charge in [0.05, 0.1) is 0 Å². The van der Waals surface area contributed by atoms with E-state index in [1.54, 1.807) is 0 Å². The van der Waals surface area contributed by atoms with Crippen molar-refractivity contribution >= 4 is 15.6 Å². The summed E-state index contributed by atoms with van der Waals surface area (Å²) in [6.45, 7) is 6.69. The van der Waals surface area contributed by atoms with Gasteiger partial charge >= 0.3 is 51.4 Å². The van der Waals surface area contributed by atoms with Crippen LogP contribution in [0.25, 0.3) is 0 Å². The maximum absolute atomic E-state index is 8.36. The van der Waals surface area contributed by atoms with Crippen molar-refractivity contribution in [2.24, 2.45) is 0 Å². The standard InChI is InChI=1S/C3H9P.BHO2.K.H2O/c1-4(2)3;2-1-3;;/h1-3H3;2H;;1H2/q;-1;+1;. The van der Waals surface area contributed by atoms with Gasteiger partial charge in [-0.25, -0.2) is 0 Å². The summed E-state index contributed by atoms with van der Waals surface area (Å²) in [7, 11) is 0.130. The normalized spacial score (nSPS) is 5.56. The van der Waals surface area contributed by atoms with Gasteiger partial charge in [-0.05, 0) is 20.0 Å². The predicted octanol–water partition coefficient (Wildman–Crippen LogP) is -4.59. The first kappa shape index (κ1) is 22.5. The smallest absolute Gasteiger partial charge is 0.861 e. The quantitative estimate of drug-likeness (QED) is 0.298. The minimum atomic E-state index is -0.250. The van der Waals surface area contributed by atoms with Crippen LogP contribution in [-0.4, -0.2) is 38.2 Å². The van der Waals surface area contributed by atoms with Crippen molar-refractivity contribution in [1.82, 2.24) is 0 Å². The van der Waals surface area contributed by atoms with E-state index in [2.05, 4.69) is 20.0 Å². The molecule has 6 heteroatoms. The summed E-state index contributed by atoms with van der Waals surface area (Å²) < 4.78 is 0. The molecule has 0 spiro atoms. The second-order valence-corrected chi connectivity index (χ2v) is 4.13. The zero-order valence-corrected chi connectivity index (χ0v) is 10.4. The molecule has 9 heavy (non-hydrogen) atoms. The monoisotopic (exact) mass is 177 g/mol. The Balaban J connectivity index is -0.0000000233. The second kappa shape index (κ2) is 22.5. The molecule has 0 aromatic carbocycles. The third-order valence-electron chi connectivity index (χ3n) is 0. The van der Waals surface area contributed by atoms with Crippen LogP contribution in [0.4, 0.5) is 0 Å². The van der Waals surface area contributed by atoms with Crippen molar-refractivity contribution in [3.05, 3.63) is 0 Å². The summed E-state index contributed by atoms with van der Waals surface area (Å²) in [5.41, 5.74) is 0. The van der Waals surface area contributed by atoms with Crippen molar-refractivity contribution in [1.29, 1.82) is 0 Å². The minimum absolute atomic E-state index is 0. The van der Waals surface area contributed by atoms with Gasteiger partial charge in [0.25, 0.3) is 0 Å². The molecule has 0 fully saturated rings. The van der Waals surface area contributed by atoms with E-state index in [1.165, 1.54) is 0 Å². The molecule has 0 aliphatic heterocycles. The summed E-state index contributed by atoms with van der Waals surface area (Å²) in [5, 5.41) is 15.2. The van der Waals surface area contributed by atoms with Crippen molar-refractivity contribution in [3.8, 4) is 0 Å². The zero-order valence-electron chi connectivity index (χ0n) is 6.38. The molecule has 0 heterocycles. The summed E-state index contributed by atoms with van der Waals surface area (Å²) >= 11 is 0. The van der Waals surface area contributed by atoms with Gasteiger partial charge in [0.2, 0.25) is 0 Å². The molecule has 0 aromatic rings. The molecule has 0 atom stereocenters. The van der Waals surface area contributed by atoms with Crippen molar-refractivity contribution in [3.63, 3.8) is 0 Å². The third kappa shape index (κ3) is 159. The fourth-order valence-electron chi connectivity index (χ4n) is 0. The first-order valence-electron chi connectivity index (χ1n) is 1.84. The Hall–Kier alpha value is 2.01. The summed E-state index contributed by atoms with van der Waals surface area (Å²) in [6, 6.07) is 0. The predicted molar refractivity (Wildman–Crippen MR) is 36.3 cm³/mol. The molecule has 3 nitrogen and oxygen atoms in total. The average molecular weight is 177 g/mol. The van der Waals surface area contributed by atoms with E-state index in [0.29, 0.717) is 7.92 Å². The van der Waals surface area contributed by atoms with Crippen LogP contribution in [0.1, 0.15) is 0 Å². The van der Waals surface area contributed by atoms with Crippen LogP contribution >= 0.6 is 7.92 Å². The van der Waals surface area contributed by atoms with E-state index in [0.717, 1.165) is 0 Å². The van der Waals surface area contributed by atoms with Gasteiger partial charge in [-0.1, -0.05) is 0 Å². The van der Waals surface area contributed by atoms with Crippen LogP contribution in [0.3, 0.4) is 0 Å². The van der Waals surface area contributed by atoms with Gasteiger partial charge in [-0.2, -0.15) is 0 Å². The van der Waals surface area contributed by atoms with E-state index in [4.69, 9.17) is 10.0 Å². The molecule has 0 aliphatic rings. The van der Waals surface area contributed by atoms with Gasteiger partial charge < -0.3 is 15.5 Å². The molecule has 0 bridgehead atoms. The second-order valence-electron chi connectivity index (χ2n) is 1.45. The van der Waals surface area contributed by atoms with Crippen LogP contribution in [0.15, 0.2) is 0 Å². The molecular weight excluding hydrogens is 165 g/mol. The van der Waals surface area contributed by atoms with E-state index >= 15 is 0 Å². The van der Waals surface area contributed by atoms with Crippen molar-refractivity contribution < 1.29 is 66.9 Å². The van der Waals surface area contributed by atoms with Crippen LogP contribution in [0, 0.1) is 0 Å². The van der Waals surface area contributed by atoms with Gasteiger partial charge in [-0.15, -0.1) is 7.92 Å². The Morgan fingerprint density at radius 1 is 1.33 bits per heavy atom. The van der Waals surface area contributed by atoms with Gasteiger partial charge in [0.15, 0.2) is 7.69 Å². The van der Waals surface area contributed by atoms with Gasteiger partial charge in [-0.3, -0.25) is 0 Å². The Kier molecular flexibility index (Phi) is 56.1. The molecule has 0 aromatic heterocycles. The fourth-order valence-corrected chi connectivity index (χ4v) is 0. The first-order chi connectivity index (χ1) is 3.15. The SMILES string of the molecule is CP(C)C.O.[K+].[O-][B]O. The molecule has 0 unspecified atom stereocenters. The molecule has 0 saturated carbocycles. The van der Waals surface area contributed by atoms with E-state index in [1.807, 2.05) is 0 Å². The maximum atomic E-state index is 8.36. The number of rotatable bonds is 0. The number of hydrogen-bond donors (Lipinski definition) is 1. The Morgan fingerprint density at radius 3 is 1.33 bits per heavy atom. The van der Waals surface area contributed by atoms with Crippen LogP contribution in [0.5, 0.6) is 0 Å². The molecule has 0 rings (SSSR count). The van der Waals surface area contributed by atoms with Crippen molar-refractivity contribution in [2.75, 3.05) is 20.0 Å². The Labute approximate surface area is 101 Å². The molecule has 3 N–H and O–H groups in total. The Bertz CT molecular complexity index is 30.3. The zero-order chi connectivity index (χ0) is 6.28. The third-order valence-corrected chi connectivity index (χ3v) is 0. The minimum Gasteiger partial charge on any atom is -0.861 e. The number of hydrogen-bond acceptors (Lipinski definition) is 2. The molecule has 1 radical (unpaired) electrons. The van der Waals surface area contributed by atoms with E-state index in [-0.39, 0.29) is 64.5 Å². The van der Waals surface area contributed by atoms with Crippen LogP contribution < -0.4 is 56.4 Å². The first-order valence-corrected chi connectivity index (χ1v) is 4.52. The molecule has 0 aliphatic carbocycles. The van der Waals surface area contributed by atoms with Crippen LogP contribution in [-0.2, 0) is 0 Å². The molecular formula is C3H12BKO3P. The topological polar surface area (TPSA) is 74.8 Å². The Morgan fingerprint density at radius 2 is 1.33 bits per heavy atom. The van der Waals surface area contributed by atoms with Crippen molar-refractivity contribution in [2.45, 2.75) is 0 Å². The molecule has 0 amide bonds. The summed E-state index contributed by atoms with van der Waals surface area (Å²) in [4.78, 5) is 0. The van der Waals surface area contributed by atoms with E-state index < -0.39 is 0 Å². The van der Waals surface area contributed by atoms with Crippen LogP contribution in [0.2, 0.25) is 0 Å². The summed E-state index contributed by atoms with van der Waals surface area (Å²) in [5.74, 6) is 0. The molecule has 0 saturated heterocycles. The average Bonchev–Trinajstić information content (AvgIpc) is 1.33. The largest absolute Gasteiger partial charge is 1.00 e. The van der Waals surface area contributed by atoms with Gasteiger partial charge in [0.1, 0.15) is 0 Å². The summed E-state index contributed by atoms with van der Waals surface area (Å²) in [6.07, 6.45) is 0. The van der Waals surface area contributed by atoms with Gasteiger partial charge in [0, 0.05) is 0 Å². The van der Waals surface area contributed by atoms with E-state index in [9.17, 15) is 0 Å².